The van der Waals surface area contributed by atoms with Crippen molar-refractivity contribution in [2.75, 3.05) is 53.4 Å². The Morgan fingerprint density at radius 2 is 1.86 bits per heavy atom. The zero-order valence-corrected chi connectivity index (χ0v) is 13.5. The quantitative estimate of drug-likeness (QED) is 0.714. The monoisotopic (exact) mass is 310 g/mol. The number of likely N-dealkylation sites (tertiary alicyclic amines) is 2. The molecule has 3 aliphatic rings. The molecule has 1 N–H and O–H groups in total. The van der Waals surface area contributed by atoms with E-state index < -0.39 is 0 Å². The molecule has 3 saturated heterocycles. The fraction of sp³-hybridized carbons (Fsp3) is 0.867. The summed E-state index contributed by atoms with van der Waals surface area (Å²) in [6, 6.07) is 0.323. The molecule has 0 aromatic rings. The summed E-state index contributed by atoms with van der Waals surface area (Å²) in [6.45, 7) is 4.39. The van der Waals surface area contributed by atoms with Crippen LogP contribution in [0.4, 0.5) is 4.79 Å². The van der Waals surface area contributed by atoms with Gasteiger partial charge in [0.2, 0.25) is 5.91 Å². The zero-order valence-electron chi connectivity index (χ0n) is 13.5. The third-order valence-corrected chi connectivity index (χ3v) is 4.92. The zero-order chi connectivity index (χ0) is 15.7. The number of ether oxygens (including phenoxy) is 1. The Bertz CT molecular complexity index is 421. The van der Waals surface area contributed by atoms with Gasteiger partial charge in [0.05, 0.1) is 18.8 Å². The summed E-state index contributed by atoms with van der Waals surface area (Å²) in [4.78, 5) is 30.0. The lowest BCUT2D eigenvalue weighted by Crippen LogP contribution is -2.47. The van der Waals surface area contributed by atoms with E-state index in [0.29, 0.717) is 19.6 Å². The summed E-state index contributed by atoms with van der Waals surface area (Å²) in [5, 5.41) is 3.43. The lowest BCUT2D eigenvalue weighted by atomic mass is 9.95. The minimum Gasteiger partial charge on any atom is -0.373 e. The smallest absolute Gasteiger partial charge is 0.319 e. The molecular weight excluding hydrogens is 284 g/mol. The standard InChI is InChI=1S/C15H26N4O3/c1-17(2)15(21)18-6-3-11(4-7-18)14(20)19-9-12-13(10-19)22-8-5-16-12/h11-13,16H,3-10H2,1-2H3/t12-,13-/m0/s1. The second-order valence-corrected chi connectivity index (χ2v) is 6.65. The first-order valence-electron chi connectivity index (χ1n) is 8.16. The van der Waals surface area contributed by atoms with Gasteiger partial charge >= 0.3 is 6.03 Å². The van der Waals surface area contributed by atoms with Gasteiger partial charge < -0.3 is 24.8 Å². The molecule has 7 nitrogen and oxygen atoms in total. The number of fused-ring (bicyclic) bond motifs is 1. The van der Waals surface area contributed by atoms with Gasteiger partial charge in [-0.2, -0.15) is 0 Å². The van der Waals surface area contributed by atoms with E-state index in [4.69, 9.17) is 4.74 Å². The Morgan fingerprint density at radius 1 is 1.14 bits per heavy atom. The molecular formula is C15H26N4O3. The number of nitrogens with zero attached hydrogens (tertiary/aromatic N) is 3. The van der Waals surface area contributed by atoms with Gasteiger partial charge in [0.15, 0.2) is 0 Å². The molecule has 3 amide bonds. The van der Waals surface area contributed by atoms with E-state index in [2.05, 4.69) is 5.32 Å². The third kappa shape index (κ3) is 3.05. The van der Waals surface area contributed by atoms with Gasteiger partial charge in [0, 0.05) is 52.7 Å². The molecule has 2 atom stereocenters. The van der Waals surface area contributed by atoms with Gasteiger partial charge in [-0.3, -0.25) is 4.79 Å². The Hall–Kier alpha value is -1.34. The second-order valence-electron chi connectivity index (χ2n) is 6.65. The second kappa shape index (κ2) is 6.42. The van der Waals surface area contributed by atoms with Crippen LogP contribution in [0.3, 0.4) is 0 Å². The normalized spacial score (nSPS) is 29.4. The molecule has 0 radical (unpaired) electrons. The first-order chi connectivity index (χ1) is 10.6. The maximum absolute atomic E-state index is 12.7. The predicted molar refractivity (Wildman–Crippen MR) is 81.5 cm³/mol. The molecule has 0 bridgehead atoms. The molecule has 0 unspecified atom stereocenters. The van der Waals surface area contributed by atoms with E-state index in [1.165, 1.54) is 0 Å². The van der Waals surface area contributed by atoms with Gasteiger partial charge in [-0.1, -0.05) is 0 Å². The molecule has 0 aliphatic carbocycles. The predicted octanol–water partition coefficient (Wildman–Crippen LogP) is -0.421. The third-order valence-electron chi connectivity index (χ3n) is 4.92. The maximum Gasteiger partial charge on any atom is 0.319 e. The van der Waals surface area contributed by atoms with Crippen molar-refractivity contribution >= 4 is 11.9 Å². The van der Waals surface area contributed by atoms with Gasteiger partial charge in [-0.15, -0.1) is 0 Å². The largest absolute Gasteiger partial charge is 0.373 e. The highest BCUT2D eigenvalue weighted by molar-refractivity contribution is 5.80. The van der Waals surface area contributed by atoms with Crippen LogP contribution in [0, 0.1) is 5.92 Å². The molecule has 0 saturated carbocycles. The van der Waals surface area contributed by atoms with E-state index in [9.17, 15) is 9.59 Å². The summed E-state index contributed by atoms with van der Waals surface area (Å²) in [5.74, 6) is 0.281. The highest BCUT2D eigenvalue weighted by Gasteiger charge is 2.40. The summed E-state index contributed by atoms with van der Waals surface area (Å²) in [5.41, 5.74) is 0. The fourth-order valence-corrected chi connectivity index (χ4v) is 3.63. The highest BCUT2D eigenvalue weighted by Crippen LogP contribution is 2.24. The van der Waals surface area contributed by atoms with Crippen molar-refractivity contribution in [1.82, 2.24) is 20.0 Å². The number of carbonyl (C=O) groups excluding carboxylic acids is 2. The number of urea groups is 1. The van der Waals surface area contributed by atoms with Crippen molar-refractivity contribution in [2.24, 2.45) is 5.92 Å². The SMILES string of the molecule is CN(C)C(=O)N1CCC(C(=O)N2C[C@@H]3NCCO[C@H]3C2)CC1. The van der Waals surface area contributed by atoms with Crippen LogP contribution in [-0.2, 0) is 9.53 Å². The molecule has 3 fully saturated rings. The van der Waals surface area contributed by atoms with Crippen LogP contribution in [-0.4, -0.2) is 92.2 Å². The van der Waals surface area contributed by atoms with E-state index in [1.54, 1.807) is 19.0 Å². The van der Waals surface area contributed by atoms with E-state index >= 15 is 0 Å². The maximum atomic E-state index is 12.7. The van der Waals surface area contributed by atoms with Crippen LogP contribution in [0.15, 0.2) is 0 Å². The first-order valence-corrected chi connectivity index (χ1v) is 8.16. The average molecular weight is 310 g/mol. The number of piperidine rings is 1. The molecule has 3 heterocycles. The Morgan fingerprint density at radius 3 is 2.50 bits per heavy atom. The number of rotatable bonds is 1. The van der Waals surface area contributed by atoms with Crippen LogP contribution in [0.2, 0.25) is 0 Å². The topological polar surface area (TPSA) is 65.1 Å². The molecule has 124 valence electrons. The van der Waals surface area contributed by atoms with Crippen molar-refractivity contribution < 1.29 is 14.3 Å². The average Bonchev–Trinajstić information content (AvgIpc) is 2.97. The minimum absolute atomic E-state index is 0.0377. The Kier molecular flexibility index (Phi) is 4.54. The molecule has 0 aromatic carbocycles. The van der Waals surface area contributed by atoms with Crippen molar-refractivity contribution in [3.05, 3.63) is 0 Å². The molecule has 0 aromatic heterocycles. The molecule has 3 rings (SSSR count). The fourth-order valence-electron chi connectivity index (χ4n) is 3.63. The van der Waals surface area contributed by atoms with Crippen molar-refractivity contribution in [1.29, 1.82) is 0 Å². The first kappa shape index (κ1) is 15.6. The highest BCUT2D eigenvalue weighted by atomic mass is 16.5. The van der Waals surface area contributed by atoms with Gasteiger partial charge in [-0.25, -0.2) is 4.79 Å². The van der Waals surface area contributed by atoms with Crippen molar-refractivity contribution in [2.45, 2.75) is 25.0 Å². The van der Waals surface area contributed by atoms with E-state index in [1.807, 2.05) is 9.80 Å². The van der Waals surface area contributed by atoms with Crippen LogP contribution in [0.1, 0.15) is 12.8 Å². The van der Waals surface area contributed by atoms with E-state index in [0.717, 1.165) is 32.5 Å². The summed E-state index contributed by atoms with van der Waals surface area (Å²) in [6.07, 6.45) is 1.67. The minimum atomic E-state index is 0.0377. The lowest BCUT2D eigenvalue weighted by Gasteiger charge is -2.34. The van der Waals surface area contributed by atoms with E-state index in [-0.39, 0.29) is 30.0 Å². The summed E-state index contributed by atoms with van der Waals surface area (Å²) < 4.78 is 5.73. The van der Waals surface area contributed by atoms with Crippen LogP contribution in [0.25, 0.3) is 0 Å². The number of hydrogen-bond donors (Lipinski definition) is 1. The van der Waals surface area contributed by atoms with Crippen molar-refractivity contribution in [3.8, 4) is 0 Å². The molecule has 3 aliphatic heterocycles. The summed E-state index contributed by atoms with van der Waals surface area (Å²) in [7, 11) is 3.52. The van der Waals surface area contributed by atoms with Gasteiger partial charge in [0.1, 0.15) is 0 Å². The number of amides is 3. The van der Waals surface area contributed by atoms with Crippen molar-refractivity contribution in [3.63, 3.8) is 0 Å². The number of hydrogen-bond acceptors (Lipinski definition) is 4. The molecule has 7 heteroatoms. The van der Waals surface area contributed by atoms with Crippen LogP contribution in [0.5, 0.6) is 0 Å². The molecule has 0 spiro atoms. The number of nitrogens with one attached hydrogen (secondary N) is 1. The number of carbonyl (C=O) groups is 2. The molecule has 22 heavy (non-hydrogen) atoms. The van der Waals surface area contributed by atoms with Gasteiger partial charge in [-0.05, 0) is 12.8 Å². The van der Waals surface area contributed by atoms with Crippen LogP contribution < -0.4 is 5.32 Å². The Labute approximate surface area is 131 Å². The lowest BCUT2D eigenvalue weighted by molar-refractivity contribution is -0.136. The van der Waals surface area contributed by atoms with Gasteiger partial charge in [0.25, 0.3) is 0 Å². The van der Waals surface area contributed by atoms with Crippen LogP contribution >= 0.6 is 0 Å². The Balaban J connectivity index is 1.51. The summed E-state index contributed by atoms with van der Waals surface area (Å²) >= 11 is 0. The number of morpholine rings is 1.